The molecule has 0 heterocycles. The Balaban J connectivity index is 1.86. The Hall–Kier alpha value is -2.21. The van der Waals surface area contributed by atoms with Crippen molar-refractivity contribution in [2.24, 2.45) is 11.8 Å². The lowest BCUT2D eigenvalue weighted by atomic mass is 9.78. The van der Waals surface area contributed by atoms with E-state index in [0.29, 0.717) is 33.9 Å². The Kier molecular flexibility index (Phi) is 8.18. The fourth-order valence-corrected chi connectivity index (χ4v) is 3.71. The van der Waals surface area contributed by atoms with E-state index in [2.05, 4.69) is 19.2 Å². The Morgan fingerprint density at radius 2 is 1.96 bits per heavy atom. The van der Waals surface area contributed by atoms with Gasteiger partial charge >= 0.3 is 5.97 Å². The molecule has 7 heteroatoms. The van der Waals surface area contributed by atoms with Crippen LogP contribution >= 0.6 is 11.6 Å². The second-order valence-electron chi connectivity index (χ2n) is 7.12. The predicted octanol–water partition coefficient (Wildman–Crippen LogP) is 3.85. The number of amides is 1. The maximum Gasteiger partial charge on any atom is 0.331 e. The van der Waals surface area contributed by atoms with E-state index < -0.39 is 5.97 Å². The summed E-state index contributed by atoms with van der Waals surface area (Å²) < 4.78 is 15.4. The molecule has 0 unspecified atom stereocenters. The van der Waals surface area contributed by atoms with Gasteiger partial charge in [0.05, 0.1) is 19.2 Å². The summed E-state index contributed by atoms with van der Waals surface area (Å²) in [5, 5.41) is 3.34. The van der Waals surface area contributed by atoms with Crippen molar-refractivity contribution in [3.8, 4) is 11.5 Å². The summed E-state index contributed by atoms with van der Waals surface area (Å²) in [6, 6.07) is 3.47. The van der Waals surface area contributed by atoms with E-state index in [9.17, 15) is 9.59 Å². The van der Waals surface area contributed by atoms with Crippen molar-refractivity contribution in [3.05, 3.63) is 28.8 Å². The van der Waals surface area contributed by atoms with Gasteiger partial charge in [-0.3, -0.25) is 4.79 Å². The molecule has 1 aliphatic carbocycles. The lowest BCUT2D eigenvalue weighted by Crippen LogP contribution is -2.45. The highest BCUT2D eigenvalue weighted by Crippen LogP contribution is 2.36. The molecule has 0 saturated heterocycles. The number of halogens is 1. The zero-order chi connectivity index (χ0) is 20.7. The van der Waals surface area contributed by atoms with E-state index in [-0.39, 0.29) is 18.6 Å². The molecular formula is C21H28ClNO5. The van der Waals surface area contributed by atoms with Crippen LogP contribution in [0.2, 0.25) is 5.02 Å². The second kappa shape index (κ2) is 10.4. The fraction of sp³-hybridized carbons (Fsp3) is 0.524. The number of nitrogens with one attached hydrogen (secondary N) is 1. The summed E-state index contributed by atoms with van der Waals surface area (Å²) in [4.78, 5) is 24.0. The van der Waals surface area contributed by atoms with Crippen molar-refractivity contribution in [3.63, 3.8) is 0 Å². The quantitative estimate of drug-likeness (QED) is 0.546. The summed E-state index contributed by atoms with van der Waals surface area (Å²) in [5.41, 5.74) is 0.647. The minimum Gasteiger partial charge on any atom is -0.493 e. The maximum absolute atomic E-state index is 12.1. The first-order chi connectivity index (χ1) is 13.3. The molecule has 0 aliphatic heterocycles. The summed E-state index contributed by atoms with van der Waals surface area (Å²) >= 11 is 6.14. The van der Waals surface area contributed by atoms with Crippen LogP contribution in [0.15, 0.2) is 18.2 Å². The van der Waals surface area contributed by atoms with Gasteiger partial charge in [-0.2, -0.15) is 0 Å². The van der Waals surface area contributed by atoms with Gasteiger partial charge in [0.15, 0.2) is 18.1 Å². The molecule has 0 bridgehead atoms. The van der Waals surface area contributed by atoms with Crippen LogP contribution in [0.1, 0.15) is 38.7 Å². The van der Waals surface area contributed by atoms with Crippen molar-refractivity contribution in [2.75, 3.05) is 20.8 Å². The number of carbonyl (C=O) groups is 2. The molecule has 1 N–H and O–H groups in total. The highest BCUT2D eigenvalue weighted by Gasteiger charge is 2.28. The number of methoxy groups -OCH3 is 2. The first-order valence-corrected chi connectivity index (χ1v) is 9.79. The normalized spacial score (nSPS) is 22.0. The second-order valence-corrected chi connectivity index (χ2v) is 7.53. The van der Waals surface area contributed by atoms with E-state index in [1.807, 2.05) is 0 Å². The maximum atomic E-state index is 12.1. The summed E-state index contributed by atoms with van der Waals surface area (Å²) in [5.74, 6) is 0.999. The molecule has 2 rings (SSSR count). The molecular weight excluding hydrogens is 382 g/mol. The summed E-state index contributed by atoms with van der Waals surface area (Å²) in [6.07, 6.45) is 6.04. The summed E-state index contributed by atoms with van der Waals surface area (Å²) in [7, 11) is 3.00. The van der Waals surface area contributed by atoms with E-state index >= 15 is 0 Å². The third kappa shape index (κ3) is 5.89. The van der Waals surface area contributed by atoms with E-state index in [1.165, 1.54) is 26.7 Å². The van der Waals surface area contributed by atoms with Gasteiger partial charge in [0.1, 0.15) is 0 Å². The van der Waals surface area contributed by atoms with E-state index in [0.717, 1.165) is 12.8 Å². The topological polar surface area (TPSA) is 73.9 Å². The number of benzene rings is 1. The highest BCUT2D eigenvalue weighted by atomic mass is 35.5. The van der Waals surface area contributed by atoms with Gasteiger partial charge in [0.2, 0.25) is 0 Å². The molecule has 0 radical (unpaired) electrons. The van der Waals surface area contributed by atoms with Crippen molar-refractivity contribution in [2.45, 2.75) is 39.2 Å². The van der Waals surface area contributed by atoms with Crippen molar-refractivity contribution < 1.29 is 23.8 Å². The van der Waals surface area contributed by atoms with E-state index in [4.69, 9.17) is 25.8 Å². The molecule has 3 atom stereocenters. The Bertz CT molecular complexity index is 734. The Morgan fingerprint density at radius 3 is 2.64 bits per heavy atom. The van der Waals surface area contributed by atoms with Gasteiger partial charge in [-0.25, -0.2) is 4.79 Å². The summed E-state index contributed by atoms with van der Waals surface area (Å²) in [6.45, 7) is 4.06. The van der Waals surface area contributed by atoms with Gasteiger partial charge in [-0.1, -0.05) is 38.3 Å². The van der Waals surface area contributed by atoms with Crippen LogP contribution in [0.4, 0.5) is 0 Å². The number of carbonyl (C=O) groups excluding carboxylic acids is 2. The first-order valence-electron chi connectivity index (χ1n) is 9.41. The third-order valence-corrected chi connectivity index (χ3v) is 5.55. The van der Waals surface area contributed by atoms with Crippen LogP contribution in [0, 0.1) is 11.8 Å². The molecule has 1 saturated carbocycles. The number of hydrogen-bond donors (Lipinski definition) is 1. The number of esters is 1. The van der Waals surface area contributed by atoms with Crippen molar-refractivity contribution in [1.82, 2.24) is 5.32 Å². The monoisotopic (exact) mass is 409 g/mol. The minimum absolute atomic E-state index is 0.138. The predicted molar refractivity (Wildman–Crippen MR) is 109 cm³/mol. The van der Waals surface area contributed by atoms with Crippen LogP contribution in [-0.2, 0) is 14.3 Å². The molecule has 6 nitrogen and oxygen atoms in total. The first kappa shape index (κ1) is 22.1. The average Bonchev–Trinajstić information content (AvgIpc) is 2.67. The van der Waals surface area contributed by atoms with Gasteiger partial charge in [0, 0.05) is 12.1 Å². The standard InChI is InChI=1S/C21H28ClNO5/c1-13-6-5-7-17(14(13)2)23-19(24)12-28-20(25)9-8-15-10-16(22)21(27-4)18(11-15)26-3/h8-11,13-14,17H,5-7,12H2,1-4H3,(H,23,24)/b9-8+/t13-,14-,17-/m0/s1. The van der Waals surface area contributed by atoms with E-state index in [1.54, 1.807) is 18.2 Å². The SMILES string of the molecule is COc1cc(/C=C/C(=O)OCC(=O)N[C@H]2CCC[C@H](C)[C@@H]2C)cc(Cl)c1OC. The molecule has 154 valence electrons. The fourth-order valence-electron chi connectivity index (χ4n) is 3.42. The zero-order valence-corrected chi connectivity index (χ0v) is 17.5. The van der Waals surface area contributed by atoms with Crippen LogP contribution in [0.3, 0.4) is 0 Å². The zero-order valence-electron chi connectivity index (χ0n) is 16.8. The minimum atomic E-state index is -0.605. The molecule has 1 aromatic rings. The lowest BCUT2D eigenvalue weighted by molar-refractivity contribution is -0.144. The Morgan fingerprint density at radius 1 is 1.21 bits per heavy atom. The lowest BCUT2D eigenvalue weighted by Gasteiger charge is -2.34. The molecule has 0 aromatic heterocycles. The molecule has 0 spiro atoms. The molecule has 1 aromatic carbocycles. The Labute approximate surface area is 171 Å². The van der Waals surface area contributed by atoms with Crippen LogP contribution in [-0.4, -0.2) is 38.7 Å². The number of hydrogen-bond acceptors (Lipinski definition) is 5. The third-order valence-electron chi connectivity index (χ3n) is 5.27. The molecule has 1 fully saturated rings. The van der Waals surface area contributed by atoms with Gasteiger partial charge in [0.25, 0.3) is 5.91 Å². The number of rotatable bonds is 7. The highest BCUT2D eigenvalue weighted by molar-refractivity contribution is 6.32. The van der Waals surface area contributed by atoms with Crippen molar-refractivity contribution in [1.29, 1.82) is 0 Å². The largest absolute Gasteiger partial charge is 0.493 e. The van der Waals surface area contributed by atoms with Gasteiger partial charge in [-0.15, -0.1) is 0 Å². The van der Waals surface area contributed by atoms with Crippen LogP contribution in [0.5, 0.6) is 11.5 Å². The molecule has 1 aliphatic rings. The van der Waals surface area contributed by atoms with Gasteiger partial charge < -0.3 is 19.5 Å². The molecule has 28 heavy (non-hydrogen) atoms. The van der Waals surface area contributed by atoms with Crippen LogP contribution < -0.4 is 14.8 Å². The van der Waals surface area contributed by atoms with Crippen LogP contribution in [0.25, 0.3) is 6.08 Å². The van der Waals surface area contributed by atoms with Crippen molar-refractivity contribution >= 4 is 29.6 Å². The number of ether oxygens (including phenoxy) is 3. The molecule has 1 amide bonds. The van der Waals surface area contributed by atoms with Gasteiger partial charge in [-0.05, 0) is 42.0 Å². The average molecular weight is 410 g/mol. The smallest absolute Gasteiger partial charge is 0.331 e.